The van der Waals surface area contributed by atoms with E-state index in [9.17, 15) is 4.39 Å². The van der Waals surface area contributed by atoms with Crippen LogP contribution in [0.25, 0.3) is 0 Å². The molecule has 6 heteroatoms. The van der Waals surface area contributed by atoms with Gasteiger partial charge in [0.1, 0.15) is 5.82 Å². The average Bonchev–Trinajstić information content (AvgIpc) is 2.55. The molecule has 0 aliphatic rings. The summed E-state index contributed by atoms with van der Waals surface area (Å²) in [4.78, 5) is 8.39. The fraction of sp³-hybridized carbons (Fsp3) is 0.333. The molecule has 24 heavy (non-hydrogen) atoms. The molecule has 0 aliphatic carbocycles. The van der Waals surface area contributed by atoms with Crippen molar-refractivity contribution >= 4 is 23.0 Å². The minimum atomic E-state index is -0.289. The highest BCUT2D eigenvalue weighted by atomic mass is 32.1. The van der Waals surface area contributed by atoms with Crippen LogP contribution >= 0.6 is 12.2 Å². The molecule has 0 saturated carbocycles. The van der Waals surface area contributed by atoms with Gasteiger partial charge in [0, 0.05) is 31.2 Å². The Labute approximate surface area is 148 Å². The minimum absolute atomic E-state index is 0.0622. The van der Waals surface area contributed by atoms with E-state index in [-0.39, 0.29) is 11.9 Å². The number of nitrogens with zero attached hydrogens (tertiary/aromatic N) is 3. The van der Waals surface area contributed by atoms with Crippen LogP contribution in [-0.4, -0.2) is 47.1 Å². The summed E-state index contributed by atoms with van der Waals surface area (Å²) >= 11 is 5.58. The largest absolute Gasteiger partial charge is 0.341 e. The summed E-state index contributed by atoms with van der Waals surface area (Å²) in [5.41, 5.74) is 1.73. The van der Waals surface area contributed by atoms with Gasteiger partial charge in [-0.3, -0.25) is 4.98 Å². The van der Waals surface area contributed by atoms with Crippen molar-refractivity contribution < 1.29 is 4.39 Å². The quantitative estimate of drug-likeness (QED) is 0.809. The van der Waals surface area contributed by atoms with E-state index in [1.807, 2.05) is 32.4 Å². The van der Waals surface area contributed by atoms with Crippen LogP contribution < -0.4 is 5.32 Å². The topological polar surface area (TPSA) is 31.4 Å². The molecule has 0 saturated heterocycles. The maximum atomic E-state index is 13.4. The summed E-state index contributed by atoms with van der Waals surface area (Å²) in [5.74, 6) is -0.289. The standard InChI is InChI=1S/C18H23FN4S/c1-14(15-6-5-9-20-13-15)23(11-10-22(2)3)18(24)21-17-8-4-7-16(19)12-17/h4-9,12-14H,10-11H2,1-3H3,(H,21,24)/t14-/m1/s1. The fourth-order valence-electron chi connectivity index (χ4n) is 2.34. The first-order valence-corrected chi connectivity index (χ1v) is 8.26. The second-order valence-corrected chi connectivity index (χ2v) is 6.29. The van der Waals surface area contributed by atoms with Gasteiger partial charge in [-0.1, -0.05) is 12.1 Å². The normalized spacial score (nSPS) is 12.0. The van der Waals surface area contributed by atoms with E-state index in [1.165, 1.54) is 12.1 Å². The van der Waals surface area contributed by atoms with E-state index >= 15 is 0 Å². The second kappa shape index (κ2) is 8.70. The Balaban J connectivity index is 2.16. The Kier molecular flexibility index (Phi) is 6.63. The number of rotatable bonds is 6. The number of likely N-dealkylation sites (N-methyl/N-ethyl adjacent to an activating group) is 1. The molecule has 2 rings (SSSR count). The van der Waals surface area contributed by atoms with Crippen LogP contribution in [-0.2, 0) is 0 Å². The van der Waals surface area contributed by atoms with Gasteiger partial charge in [-0.25, -0.2) is 4.39 Å². The van der Waals surface area contributed by atoms with Crippen LogP contribution in [0.3, 0.4) is 0 Å². The SMILES string of the molecule is C[C@H](c1cccnc1)N(CCN(C)C)C(=S)Nc1cccc(F)c1. The smallest absolute Gasteiger partial charge is 0.173 e. The van der Waals surface area contributed by atoms with Gasteiger partial charge in [0.25, 0.3) is 0 Å². The van der Waals surface area contributed by atoms with E-state index < -0.39 is 0 Å². The van der Waals surface area contributed by atoms with Crippen molar-refractivity contribution in [1.29, 1.82) is 0 Å². The summed E-state index contributed by atoms with van der Waals surface area (Å²) in [6, 6.07) is 10.3. The first kappa shape index (κ1) is 18.3. The van der Waals surface area contributed by atoms with Crippen molar-refractivity contribution in [2.45, 2.75) is 13.0 Å². The molecule has 0 unspecified atom stereocenters. The van der Waals surface area contributed by atoms with Gasteiger partial charge in [-0.05, 0) is 63.1 Å². The number of thiocarbonyl (C=S) groups is 1. The van der Waals surface area contributed by atoms with Gasteiger partial charge in [0.05, 0.1) is 6.04 Å². The summed E-state index contributed by atoms with van der Waals surface area (Å²) in [6.07, 6.45) is 3.60. The van der Waals surface area contributed by atoms with Gasteiger partial charge in [-0.15, -0.1) is 0 Å². The van der Waals surface area contributed by atoms with Crippen LogP contribution in [0.15, 0.2) is 48.8 Å². The summed E-state index contributed by atoms with van der Waals surface area (Å²) in [7, 11) is 4.05. The van der Waals surface area contributed by atoms with Gasteiger partial charge < -0.3 is 15.1 Å². The van der Waals surface area contributed by atoms with Crippen molar-refractivity contribution in [1.82, 2.24) is 14.8 Å². The molecular weight excluding hydrogens is 323 g/mol. The predicted octanol–water partition coefficient (Wildman–Crippen LogP) is 3.54. The molecular formula is C18H23FN4S. The van der Waals surface area contributed by atoms with Crippen molar-refractivity contribution in [3.05, 3.63) is 60.2 Å². The lowest BCUT2D eigenvalue weighted by Crippen LogP contribution is -2.40. The molecule has 0 amide bonds. The Hall–Kier alpha value is -2.05. The number of hydrogen-bond acceptors (Lipinski definition) is 3. The minimum Gasteiger partial charge on any atom is -0.341 e. The molecule has 0 spiro atoms. The van der Waals surface area contributed by atoms with Crippen molar-refractivity contribution in [3.63, 3.8) is 0 Å². The fourth-order valence-corrected chi connectivity index (χ4v) is 2.71. The zero-order chi connectivity index (χ0) is 17.5. The molecule has 1 N–H and O–H groups in total. The molecule has 0 aliphatic heterocycles. The number of nitrogens with one attached hydrogen (secondary N) is 1. The number of benzene rings is 1. The Morgan fingerprint density at radius 3 is 2.67 bits per heavy atom. The van der Waals surface area contributed by atoms with Gasteiger partial charge in [0.2, 0.25) is 0 Å². The lowest BCUT2D eigenvalue weighted by molar-refractivity contribution is 0.289. The molecule has 2 aromatic rings. The van der Waals surface area contributed by atoms with Crippen LogP contribution in [0.5, 0.6) is 0 Å². The lowest BCUT2D eigenvalue weighted by Gasteiger charge is -2.33. The second-order valence-electron chi connectivity index (χ2n) is 5.90. The van der Waals surface area contributed by atoms with Gasteiger partial charge in [0.15, 0.2) is 5.11 Å². The van der Waals surface area contributed by atoms with Crippen LogP contribution in [0.2, 0.25) is 0 Å². The highest BCUT2D eigenvalue weighted by molar-refractivity contribution is 7.80. The van der Waals surface area contributed by atoms with E-state index in [1.54, 1.807) is 18.3 Å². The third-order valence-corrected chi connectivity index (χ3v) is 4.10. The third kappa shape index (κ3) is 5.25. The van der Waals surface area contributed by atoms with Crippen LogP contribution in [0.1, 0.15) is 18.5 Å². The zero-order valence-electron chi connectivity index (χ0n) is 14.2. The number of aromatic nitrogens is 1. The average molecular weight is 346 g/mol. The predicted molar refractivity (Wildman–Crippen MR) is 101 cm³/mol. The molecule has 4 nitrogen and oxygen atoms in total. The molecule has 0 radical (unpaired) electrons. The highest BCUT2D eigenvalue weighted by Crippen LogP contribution is 2.21. The Bertz CT molecular complexity index is 663. The van der Waals surface area contributed by atoms with E-state index in [0.717, 1.165) is 18.7 Å². The number of halogens is 1. The number of pyridine rings is 1. The molecule has 1 aromatic heterocycles. The lowest BCUT2D eigenvalue weighted by atomic mass is 10.1. The maximum Gasteiger partial charge on any atom is 0.173 e. The van der Waals surface area contributed by atoms with Crippen molar-refractivity contribution in [2.75, 3.05) is 32.5 Å². The highest BCUT2D eigenvalue weighted by Gasteiger charge is 2.19. The molecule has 128 valence electrons. The van der Waals surface area contributed by atoms with Crippen molar-refractivity contribution in [2.24, 2.45) is 0 Å². The molecule has 0 fully saturated rings. The van der Waals surface area contributed by atoms with E-state index in [4.69, 9.17) is 12.2 Å². The first-order chi connectivity index (χ1) is 11.5. The Morgan fingerprint density at radius 2 is 2.04 bits per heavy atom. The number of hydrogen-bond donors (Lipinski definition) is 1. The maximum absolute atomic E-state index is 13.4. The zero-order valence-corrected chi connectivity index (χ0v) is 15.1. The third-order valence-electron chi connectivity index (χ3n) is 3.76. The first-order valence-electron chi connectivity index (χ1n) is 7.85. The number of anilines is 1. The molecule has 0 bridgehead atoms. The van der Waals surface area contributed by atoms with Crippen LogP contribution in [0, 0.1) is 5.82 Å². The molecule has 1 aromatic carbocycles. The van der Waals surface area contributed by atoms with E-state index in [2.05, 4.69) is 27.0 Å². The van der Waals surface area contributed by atoms with Gasteiger partial charge >= 0.3 is 0 Å². The van der Waals surface area contributed by atoms with Crippen molar-refractivity contribution in [3.8, 4) is 0 Å². The monoisotopic (exact) mass is 346 g/mol. The molecule has 1 atom stereocenters. The Morgan fingerprint density at radius 1 is 1.25 bits per heavy atom. The summed E-state index contributed by atoms with van der Waals surface area (Å²) in [6.45, 7) is 3.70. The summed E-state index contributed by atoms with van der Waals surface area (Å²) in [5, 5.41) is 3.70. The van der Waals surface area contributed by atoms with Gasteiger partial charge in [-0.2, -0.15) is 0 Å². The van der Waals surface area contributed by atoms with Crippen LogP contribution in [0.4, 0.5) is 10.1 Å². The summed E-state index contributed by atoms with van der Waals surface area (Å²) < 4.78 is 13.4. The molecule has 1 heterocycles. The van der Waals surface area contributed by atoms with E-state index in [0.29, 0.717) is 10.8 Å².